The molecular weight excluding hydrogens is 220 g/mol. The smallest absolute Gasteiger partial charge is 0.316 e. The third-order valence-corrected chi connectivity index (χ3v) is 1.84. The number of carbonyl (C=O) groups is 1. The molecule has 6 nitrogen and oxygen atoms in total. The van der Waals surface area contributed by atoms with Crippen LogP contribution >= 0.6 is 0 Å². The van der Waals surface area contributed by atoms with E-state index in [0.29, 0.717) is 5.69 Å². The van der Waals surface area contributed by atoms with Crippen molar-refractivity contribution >= 4 is 11.6 Å². The zero-order valence-electron chi connectivity index (χ0n) is 8.91. The van der Waals surface area contributed by atoms with Crippen molar-refractivity contribution in [3.05, 3.63) is 43.0 Å². The Balaban J connectivity index is 1.83. The van der Waals surface area contributed by atoms with E-state index in [9.17, 15) is 4.79 Å². The molecule has 6 heteroatoms. The largest absolute Gasteiger partial charge is 0.453 e. The summed E-state index contributed by atoms with van der Waals surface area (Å²) in [7, 11) is 0. The normalized spacial score (nSPS) is 9.65. The van der Waals surface area contributed by atoms with Crippen LogP contribution in [0.3, 0.4) is 0 Å². The number of carbonyl (C=O) groups excluding carboxylic acids is 1. The van der Waals surface area contributed by atoms with E-state index in [2.05, 4.69) is 20.3 Å². The fraction of sp³-hybridized carbons (Fsp3) is 0.0909. The fourth-order valence-corrected chi connectivity index (χ4v) is 1.12. The van der Waals surface area contributed by atoms with Crippen molar-refractivity contribution in [2.75, 3.05) is 11.9 Å². The molecule has 0 spiro atoms. The molecular formula is C11H10N4O2. The molecule has 0 aliphatic carbocycles. The molecule has 2 rings (SSSR count). The minimum Gasteiger partial charge on any atom is -0.453 e. The number of nitrogens with one attached hydrogen (secondary N) is 1. The zero-order chi connectivity index (χ0) is 11.9. The molecule has 0 bridgehead atoms. The molecule has 0 aliphatic heterocycles. The lowest BCUT2D eigenvalue weighted by Gasteiger charge is -2.05. The highest BCUT2D eigenvalue weighted by atomic mass is 16.5. The van der Waals surface area contributed by atoms with Crippen LogP contribution in [-0.2, 0) is 4.79 Å². The lowest BCUT2D eigenvalue weighted by Crippen LogP contribution is -2.20. The Bertz CT molecular complexity index is 475. The predicted octanol–water partition coefficient (Wildman–Crippen LogP) is 0.889. The second-order valence-corrected chi connectivity index (χ2v) is 3.10. The monoisotopic (exact) mass is 230 g/mol. The van der Waals surface area contributed by atoms with Gasteiger partial charge in [0.15, 0.2) is 6.61 Å². The second-order valence-electron chi connectivity index (χ2n) is 3.10. The van der Waals surface area contributed by atoms with Crippen molar-refractivity contribution in [1.29, 1.82) is 0 Å². The van der Waals surface area contributed by atoms with Gasteiger partial charge in [-0.2, -0.15) is 0 Å². The minimum absolute atomic E-state index is 0.133. The van der Waals surface area contributed by atoms with E-state index >= 15 is 0 Å². The number of amides is 1. The van der Waals surface area contributed by atoms with E-state index in [1.54, 1.807) is 43.0 Å². The third-order valence-electron chi connectivity index (χ3n) is 1.84. The van der Waals surface area contributed by atoms with Crippen molar-refractivity contribution in [2.45, 2.75) is 0 Å². The van der Waals surface area contributed by atoms with Gasteiger partial charge in [0, 0.05) is 30.5 Å². The van der Waals surface area contributed by atoms with Crippen molar-refractivity contribution in [3.63, 3.8) is 0 Å². The molecule has 1 N–H and O–H groups in total. The summed E-state index contributed by atoms with van der Waals surface area (Å²) in [6.45, 7) is -0.133. The summed E-state index contributed by atoms with van der Waals surface area (Å²) in [5, 5.41) is 2.65. The summed E-state index contributed by atoms with van der Waals surface area (Å²) in [4.78, 5) is 23.0. The van der Waals surface area contributed by atoms with Crippen molar-refractivity contribution in [1.82, 2.24) is 15.0 Å². The SMILES string of the molecule is O=C(COc1ncccn1)Nc1ccncc1. The average Bonchev–Trinajstić information content (AvgIpc) is 2.39. The first-order chi connectivity index (χ1) is 8.34. The van der Waals surface area contributed by atoms with Gasteiger partial charge in [0.1, 0.15) is 0 Å². The summed E-state index contributed by atoms with van der Waals surface area (Å²) in [6.07, 6.45) is 6.28. The number of aromatic nitrogens is 3. The second kappa shape index (κ2) is 5.55. The number of hydrogen-bond acceptors (Lipinski definition) is 5. The molecule has 2 heterocycles. The van der Waals surface area contributed by atoms with Crippen molar-refractivity contribution in [2.24, 2.45) is 0 Å². The topological polar surface area (TPSA) is 77.0 Å². The average molecular weight is 230 g/mol. The van der Waals surface area contributed by atoms with Gasteiger partial charge in [-0.15, -0.1) is 0 Å². The zero-order valence-corrected chi connectivity index (χ0v) is 8.91. The standard InChI is InChI=1S/C11H10N4O2/c16-10(15-9-2-6-12-7-3-9)8-17-11-13-4-1-5-14-11/h1-7H,8H2,(H,12,15,16). The van der Waals surface area contributed by atoms with Gasteiger partial charge in [-0.25, -0.2) is 9.97 Å². The Hall–Kier alpha value is -2.50. The molecule has 0 fully saturated rings. The fourth-order valence-electron chi connectivity index (χ4n) is 1.12. The molecule has 0 saturated carbocycles. The molecule has 0 unspecified atom stereocenters. The molecule has 2 aromatic heterocycles. The van der Waals surface area contributed by atoms with Crippen LogP contribution in [0.1, 0.15) is 0 Å². The Morgan fingerprint density at radius 1 is 1.18 bits per heavy atom. The number of anilines is 1. The van der Waals surface area contributed by atoms with Gasteiger partial charge in [-0.05, 0) is 18.2 Å². The van der Waals surface area contributed by atoms with Crippen LogP contribution in [-0.4, -0.2) is 27.5 Å². The van der Waals surface area contributed by atoms with Gasteiger partial charge in [-0.1, -0.05) is 0 Å². The van der Waals surface area contributed by atoms with Crippen LogP contribution in [0.5, 0.6) is 6.01 Å². The minimum atomic E-state index is -0.274. The van der Waals surface area contributed by atoms with Gasteiger partial charge in [0.25, 0.3) is 5.91 Å². The van der Waals surface area contributed by atoms with E-state index in [1.807, 2.05) is 0 Å². The lowest BCUT2D eigenvalue weighted by atomic mass is 10.4. The predicted molar refractivity (Wildman–Crippen MR) is 60.4 cm³/mol. The van der Waals surface area contributed by atoms with Gasteiger partial charge in [0.05, 0.1) is 0 Å². The number of rotatable bonds is 4. The van der Waals surface area contributed by atoms with Gasteiger partial charge in [-0.3, -0.25) is 9.78 Å². The summed E-state index contributed by atoms with van der Waals surface area (Å²) >= 11 is 0. The van der Waals surface area contributed by atoms with Gasteiger partial charge >= 0.3 is 6.01 Å². The molecule has 0 atom stereocenters. The van der Waals surface area contributed by atoms with E-state index in [-0.39, 0.29) is 18.5 Å². The number of hydrogen-bond donors (Lipinski definition) is 1. The van der Waals surface area contributed by atoms with Gasteiger partial charge in [0.2, 0.25) is 0 Å². The molecule has 1 amide bonds. The summed E-state index contributed by atoms with van der Waals surface area (Å²) in [5.74, 6) is -0.274. The Morgan fingerprint density at radius 3 is 2.59 bits per heavy atom. The molecule has 0 saturated heterocycles. The summed E-state index contributed by atoms with van der Waals surface area (Å²) in [6, 6.07) is 5.23. The van der Waals surface area contributed by atoms with Crippen LogP contribution < -0.4 is 10.1 Å². The molecule has 86 valence electrons. The first-order valence-corrected chi connectivity index (χ1v) is 4.94. The quantitative estimate of drug-likeness (QED) is 0.844. The maximum absolute atomic E-state index is 11.5. The number of ether oxygens (including phenoxy) is 1. The molecule has 2 aromatic rings. The first-order valence-electron chi connectivity index (χ1n) is 4.94. The maximum atomic E-state index is 11.5. The summed E-state index contributed by atoms with van der Waals surface area (Å²) < 4.78 is 5.09. The third kappa shape index (κ3) is 3.53. The van der Waals surface area contributed by atoms with E-state index in [0.717, 1.165) is 0 Å². The van der Waals surface area contributed by atoms with Crippen LogP contribution in [0.15, 0.2) is 43.0 Å². The van der Waals surface area contributed by atoms with E-state index < -0.39 is 0 Å². The van der Waals surface area contributed by atoms with E-state index in [1.165, 1.54) is 0 Å². The Kier molecular flexibility index (Phi) is 3.59. The highest BCUT2D eigenvalue weighted by molar-refractivity contribution is 5.91. The van der Waals surface area contributed by atoms with Gasteiger partial charge < -0.3 is 10.1 Å². The Morgan fingerprint density at radius 2 is 1.88 bits per heavy atom. The lowest BCUT2D eigenvalue weighted by molar-refractivity contribution is -0.118. The van der Waals surface area contributed by atoms with E-state index in [4.69, 9.17) is 4.74 Å². The molecule has 0 aliphatic rings. The van der Waals surface area contributed by atoms with Crippen LogP contribution in [0, 0.1) is 0 Å². The highest BCUT2D eigenvalue weighted by Gasteiger charge is 2.04. The number of pyridine rings is 1. The maximum Gasteiger partial charge on any atom is 0.316 e. The summed E-state index contributed by atoms with van der Waals surface area (Å²) in [5.41, 5.74) is 0.669. The highest BCUT2D eigenvalue weighted by Crippen LogP contribution is 2.03. The van der Waals surface area contributed by atoms with Crippen molar-refractivity contribution < 1.29 is 9.53 Å². The Labute approximate surface area is 97.7 Å². The van der Waals surface area contributed by atoms with Crippen molar-refractivity contribution in [3.8, 4) is 6.01 Å². The van der Waals surface area contributed by atoms with Crippen LogP contribution in [0.4, 0.5) is 5.69 Å². The van der Waals surface area contributed by atoms with Crippen LogP contribution in [0.25, 0.3) is 0 Å². The number of nitrogens with zero attached hydrogens (tertiary/aromatic N) is 3. The molecule has 17 heavy (non-hydrogen) atoms. The first kappa shape index (κ1) is 11.0. The molecule has 0 radical (unpaired) electrons. The molecule has 0 aromatic carbocycles. The van der Waals surface area contributed by atoms with Crippen LogP contribution in [0.2, 0.25) is 0 Å².